The molecule has 4 heteroatoms. The summed E-state index contributed by atoms with van der Waals surface area (Å²) < 4.78 is 0. The Labute approximate surface area is 123 Å². The highest BCUT2D eigenvalue weighted by Crippen LogP contribution is 2.25. The zero-order chi connectivity index (χ0) is 15.5. The largest absolute Gasteiger partial charge is 0.340 e. The second-order valence-corrected chi connectivity index (χ2v) is 6.90. The fraction of sp³-hybridized carbons (Fsp3) is 0.875. The average Bonchev–Trinajstić information content (AvgIpc) is 2.34. The van der Waals surface area contributed by atoms with Gasteiger partial charge >= 0.3 is 0 Å². The van der Waals surface area contributed by atoms with E-state index in [0.717, 1.165) is 12.8 Å². The summed E-state index contributed by atoms with van der Waals surface area (Å²) in [6.07, 6.45) is 2.67. The van der Waals surface area contributed by atoms with Gasteiger partial charge in [-0.25, -0.2) is 0 Å². The van der Waals surface area contributed by atoms with E-state index in [1.807, 2.05) is 32.6 Å². The van der Waals surface area contributed by atoms with Crippen molar-refractivity contribution in [1.82, 2.24) is 10.2 Å². The number of nitrogens with zero attached hydrogens (tertiary/aromatic N) is 1. The van der Waals surface area contributed by atoms with E-state index in [4.69, 9.17) is 0 Å². The van der Waals surface area contributed by atoms with Crippen molar-refractivity contribution in [3.8, 4) is 0 Å². The molecule has 0 aromatic heterocycles. The van der Waals surface area contributed by atoms with E-state index in [-0.39, 0.29) is 23.8 Å². The molecule has 2 amide bonds. The maximum absolute atomic E-state index is 12.7. The van der Waals surface area contributed by atoms with Gasteiger partial charge in [-0.05, 0) is 38.0 Å². The van der Waals surface area contributed by atoms with Gasteiger partial charge in [0.2, 0.25) is 11.8 Å². The molecule has 2 atom stereocenters. The first kappa shape index (κ1) is 17.0. The molecule has 1 fully saturated rings. The summed E-state index contributed by atoms with van der Waals surface area (Å²) in [6, 6.07) is -0.325. The fourth-order valence-electron chi connectivity index (χ4n) is 2.80. The van der Waals surface area contributed by atoms with Crippen LogP contribution in [-0.2, 0) is 9.59 Å². The summed E-state index contributed by atoms with van der Waals surface area (Å²) >= 11 is 0. The lowest BCUT2D eigenvalue weighted by molar-refractivity contribution is -0.156. The maximum atomic E-state index is 12.7. The van der Waals surface area contributed by atoms with Crippen molar-refractivity contribution < 1.29 is 9.59 Å². The molecule has 1 aliphatic heterocycles. The average molecular weight is 282 g/mol. The second kappa shape index (κ2) is 6.59. The van der Waals surface area contributed by atoms with E-state index in [1.54, 1.807) is 0 Å². The Morgan fingerprint density at radius 3 is 2.30 bits per heavy atom. The smallest absolute Gasteiger partial charge is 0.248 e. The van der Waals surface area contributed by atoms with Gasteiger partial charge in [-0.2, -0.15) is 0 Å². The van der Waals surface area contributed by atoms with Crippen LogP contribution in [0.3, 0.4) is 0 Å². The molecule has 2 unspecified atom stereocenters. The lowest BCUT2D eigenvalue weighted by Crippen LogP contribution is -2.70. The Bertz CT molecular complexity index is 365. The minimum atomic E-state index is -0.736. The Kier molecular flexibility index (Phi) is 5.60. The highest BCUT2D eigenvalue weighted by atomic mass is 16.2. The van der Waals surface area contributed by atoms with Crippen molar-refractivity contribution in [1.29, 1.82) is 0 Å². The maximum Gasteiger partial charge on any atom is 0.248 e. The first-order valence-electron chi connectivity index (χ1n) is 7.86. The number of amides is 2. The number of carbonyl (C=O) groups is 2. The van der Waals surface area contributed by atoms with E-state index in [1.165, 1.54) is 0 Å². The first-order chi connectivity index (χ1) is 9.23. The third-order valence-corrected chi connectivity index (χ3v) is 4.26. The van der Waals surface area contributed by atoms with Crippen LogP contribution in [0.15, 0.2) is 0 Å². The normalized spacial score (nSPS) is 27.4. The van der Waals surface area contributed by atoms with Gasteiger partial charge in [0, 0.05) is 6.54 Å². The van der Waals surface area contributed by atoms with Crippen LogP contribution in [0.25, 0.3) is 0 Å². The quantitative estimate of drug-likeness (QED) is 0.814. The Hall–Kier alpha value is -1.06. The van der Waals surface area contributed by atoms with Crippen LogP contribution in [0, 0.1) is 11.8 Å². The predicted molar refractivity (Wildman–Crippen MR) is 81.2 cm³/mol. The van der Waals surface area contributed by atoms with E-state index >= 15 is 0 Å². The zero-order valence-electron chi connectivity index (χ0n) is 13.8. The van der Waals surface area contributed by atoms with Crippen molar-refractivity contribution in [2.24, 2.45) is 11.8 Å². The summed E-state index contributed by atoms with van der Waals surface area (Å²) in [5.74, 6) is 0.828. The summed E-state index contributed by atoms with van der Waals surface area (Å²) in [5, 5.41) is 2.92. The van der Waals surface area contributed by atoms with Crippen LogP contribution in [-0.4, -0.2) is 34.8 Å². The number of rotatable bonds is 6. The van der Waals surface area contributed by atoms with Gasteiger partial charge in [0.15, 0.2) is 0 Å². The third-order valence-electron chi connectivity index (χ3n) is 4.26. The van der Waals surface area contributed by atoms with Crippen LogP contribution < -0.4 is 5.32 Å². The number of carbonyl (C=O) groups excluding carboxylic acids is 2. The molecule has 1 aliphatic rings. The highest BCUT2D eigenvalue weighted by Gasteiger charge is 2.47. The Morgan fingerprint density at radius 2 is 1.85 bits per heavy atom. The highest BCUT2D eigenvalue weighted by molar-refractivity contribution is 5.99. The standard InChI is InChI=1S/C16H30N2O2/c1-7-16(6)15(20)18(10-8-9-11(2)3)13(12(4)5)14(19)17-16/h11-13H,7-10H2,1-6H3,(H,17,19). The monoisotopic (exact) mass is 282 g/mol. The number of hydrogen-bond donors (Lipinski definition) is 1. The molecule has 0 aromatic rings. The molecule has 0 radical (unpaired) electrons. The zero-order valence-corrected chi connectivity index (χ0v) is 13.8. The topological polar surface area (TPSA) is 49.4 Å². The molecule has 1 heterocycles. The molecule has 4 nitrogen and oxygen atoms in total. The molecule has 1 rings (SSSR count). The van der Waals surface area contributed by atoms with Gasteiger partial charge < -0.3 is 10.2 Å². The summed E-state index contributed by atoms with van der Waals surface area (Å²) in [6.45, 7) is 12.8. The molecule has 20 heavy (non-hydrogen) atoms. The minimum Gasteiger partial charge on any atom is -0.340 e. The molecule has 0 bridgehead atoms. The van der Waals surface area contributed by atoms with Crippen molar-refractivity contribution in [3.05, 3.63) is 0 Å². The molecule has 0 saturated carbocycles. The minimum absolute atomic E-state index is 0.00602. The van der Waals surface area contributed by atoms with E-state index in [9.17, 15) is 9.59 Å². The molecular weight excluding hydrogens is 252 g/mol. The van der Waals surface area contributed by atoms with E-state index in [2.05, 4.69) is 19.2 Å². The van der Waals surface area contributed by atoms with Crippen molar-refractivity contribution in [2.45, 2.75) is 72.4 Å². The SMILES string of the molecule is CCC1(C)NC(=O)C(C(C)C)N(CCCC(C)C)C1=O. The molecule has 0 aliphatic carbocycles. The summed E-state index contributed by atoms with van der Waals surface area (Å²) in [4.78, 5) is 26.9. The van der Waals surface area contributed by atoms with Crippen LogP contribution in [0.2, 0.25) is 0 Å². The van der Waals surface area contributed by atoms with Crippen molar-refractivity contribution in [3.63, 3.8) is 0 Å². The molecule has 116 valence electrons. The van der Waals surface area contributed by atoms with Gasteiger partial charge in [0.05, 0.1) is 0 Å². The predicted octanol–water partition coefficient (Wildman–Crippen LogP) is 2.57. The molecule has 0 aromatic carbocycles. The number of piperazine rings is 1. The lowest BCUT2D eigenvalue weighted by atomic mass is 9.88. The fourth-order valence-corrected chi connectivity index (χ4v) is 2.80. The molecule has 0 spiro atoms. The van der Waals surface area contributed by atoms with E-state index < -0.39 is 5.54 Å². The van der Waals surface area contributed by atoms with Gasteiger partial charge in [-0.1, -0.05) is 34.6 Å². The van der Waals surface area contributed by atoms with Gasteiger partial charge in [-0.3, -0.25) is 9.59 Å². The molecule has 1 N–H and O–H groups in total. The van der Waals surface area contributed by atoms with Crippen LogP contribution >= 0.6 is 0 Å². The van der Waals surface area contributed by atoms with E-state index in [0.29, 0.717) is 18.9 Å². The Balaban J connectivity index is 2.90. The van der Waals surface area contributed by atoms with Crippen LogP contribution in [0.5, 0.6) is 0 Å². The number of nitrogens with one attached hydrogen (secondary N) is 1. The summed E-state index contributed by atoms with van der Waals surface area (Å²) in [7, 11) is 0. The van der Waals surface area contributed by atoms with Crippen LogP contribution in [0.1, 0.15) is 60.8 Å². The van der Waals surface area contributed by atoms with Crippen molar-refractivity contribution in [2.75, 3.05) is 6.54 Å². The first-order valence-corrected chi connectivity index (χ1v) is 7.86. The second-order valence-electron chi connectivity index (χ2n) is 6.90. The lowest BCUT2D eigenvalue weighted by Gasteiger charge is -2.45. The number of hydrogen-bond acceptors (Lipinski definition) is 2. The molecular formula is C16H30N2O2. The van der Waals surface area contributed by atoms with Gasteiger partial charge in [0.1, 0.15) is 11.6 Å². The summed E-state index contributed by atoms with van der Waals surface area (Å²) in [5.41, 5.74) is -0.736. The van der Waals surface area contributed by atoms with Crippen LogP contribution in [0.4, 0.5) is 0 Å². The van der Waals surface area contributed by atoms with Gasteiger partial charge in [0.25, 0.3) is 0 Å². The Morgan fingerprint density at radius 1 is 1.25 bits per heavy atom. The third kappa shape index (κ3) is 3.53. The van der Waals surface area contributed by atoms with Gasteiger partial charge in [-0.15, -0.1) is 0 Å². The molecule has 1 saturated heterocycles. The van der Waals surface area contributed by atoms with Crippen molar-refractivity contribution >= 4 is 11.8 Å².